The summed E-state index contributed by atoms with van der Waals surface area (Å²) in [5.74, 6) is -0.297. The smallest absolute Gasteiger partial charge is 0.200 e. The maximum absolute atomic E-state index is 13.1. The van der Waals surface area contributed by atoms with Crippen LogP contribution in [0.4, 0.5) is 0 Å². The predicted molar refractivity (Wildman–Crippen MR) is 114 cm³/mol. The van der Waals surface area contributed by atoms with Crippen LogP contribution < -0.4 is 5.43 Å². The van der Waals surface area contributed by atoms with Crippen molar-refractivity contribution >= 4 is 32.6 Å². The molecule has 4 nitrogen and oxygen atoms in total. The van der Waals surface area contributed by atoms with Gasteiger partial charge in [0.1, 0.15) is 0 Å². The van der Waals surface area contributed by atoms with E-state index in [9.17, 15) is 9.59 Å². The molecule has 0 aliphatic rings. The second-order valence-electron chi connectivity index (χ2n) is 6.60. The third-order valence-electron chi connectivity index (χ3n) is 4.63. The van der Waals surface area contributed by atoms with Crippen molar-refractivity contribution in [2.24, 2.45) is 0 Å². The van der Waals surface area contributed by atoms with Gasteiger partial charge in [-0.2, -0.15) is 0 Å². The highest BCUT2D eigenvalue weighted by atomic mass is 79.9. The number of para-hydroxylation sites is 1. The van der Waals surface area contributed by atoms with E-state index in [1.54, 1.807) is 30.5 Å². The quantitative estimate of drug-likeness (QED) is 0.437. The number of aryl methyl sites for hydroxylation is 1. The van der Waals surface area contributed by atoms with Crippen molar-refractivity contribution in [1.82, 2.24) is 9.55 Å². The lowest BCUT2D eigenvalue weighted by atomic mass is 10.0. The Balaban J connectivity index is 1.91. The molecule has 138 valence electrons. The lowest BCUT2D eigenvalue weighted by Gasteiger charge is -2.13. The fourth-order valence-electron chi connectivity index (χ4n) is 3.29. The van der Waals surface area contributed by atoms with Crippen LogP contribution in [0.5, 0.6) is 0 Å². The summed E-state index contributed by atoms with van der Waals surface area (Å²) in [6.07, 6.45) is 1.65. The maximum atomic E-state index is 13.1. The Morgan fingerprint density at radius 3 is 2.50 bits per heavy atom. The maximum Gasteiger partial charge on any atom is 0.200 e. The Bertz CT molecular complexity index is 1260. The largest absolute Gasteiger partial charge is 0.340 e. The van der Waals surface area contributed by atoms with Crippen LogP contribution in [-0.2, 0) is 6.54 Å². The zero-order chi connectivity index (χ0) is 19.7. The molecule has 0 amide bonds. The highest BCUT2D eigenvalue weighted by Crippen LogP contribution is 2.20. The Morgan fingerprint density at radius 2 is 1.71 bits per heavy atom. The number of aromatic nitrogens is 2. The molecule has 0 saturated heterocycles. The van der Waals surface area contributed by atoms with E-state index in [1.807, 2.05) is 54.0 Å². The molecule has 2 heterocycles. The SMILES string of the molecule is Cc1cccc(Cn2cc(C(=O)c3ccccc3Br)c(=O)c3ccccc32)n1. The summed E-state index contributed by atoms with van der Waals surface area (Å²) in [5, 5.41) is 0.521. The van der Waals surface area contributed by atoms with Crippen molar-refractivity contribution in [2.45, 2.75) is 13.5 Å². The van der Waals surface area contributed by atoms with Crippen molar-refractivity contribution in [3.8, 4) is 0 Å². The highest BCUT2D eigenvalue weighted by Gasteiger charge is 2.19. The second kappa shape index (κ2) is 7.52. The van der Waals surface area contributed by atoms with E-state index in [1.165, 1.54) is 0 Å². The van der Waals surface area contributed by atoms with E-state index >= 15 is 0 Å². The molecular formula is C23H17BrN2O2. The van der Waals surface area contributed by atoms with Crippen LogP contribution in [0.2, 0.25) is 0 Å². The van der Waals surface area contributed by atoms with Crippen LogP contribution in [0, 0.1) is 6.92 Å². The molecule has 0 unspecified atom stereocenters. The number of halogens is 1. The van der Waals surface area contributed by atoms with Crippen molar-refractivity contribution in [3.05, 3.63) is 110 Å². The van der Waals surface area contributed by atoms with Gasteiger partial charge in [-0.1, -0.05) is 46.3 Å². The Hall–Kier alpha value is -3.05. The minimum Gasteiger partial charge on any atom is -0.340 e. The number of hydrogen-bond donors (Lipinski definition) is 0. The topological polar surface area (TPSA) is 52.0 Å². The molecule has 0 atom stereocenters. The zero-order valence-electron chi connectivity index (χ0n) is 15.2. The summed E-state index contributed by atoms with van der Waals surface area (Å²) in [7, 11) is 0. The van der Waals surface area contributed by atoms with Crippen molar-refractivity contribution < 1.29 is 4.79 Å². The van der Waals surface area contributed by atoms with E-state index < -0.39 is 0 Å². The summed E-state index contributed by atoms with van der Waals surface area (Å²) >= 11 is 3.41. The zero-order valence-corrected chi connectivity index (χ0v) is 16.8. The Labute approximate surface area is 170 Å². The van der Waals surface area contributed by atoms with Crippen LogP contribution >= 0.6 is 15.9 Å². The van der Waals surface area contributed by atoms with Gasteiger partial charge in [0.2, 0.25) is 5.43 Å². The third kappa shape index (κ3) is 3.41. The average molecular weight is 433 g/mol. The van der Waals surface area contributed by atoms with Crippen LogP contribution in [-0.4, -0.2) is 15.3 Å². The fraction of sp³-hybridized carbons (Fsp3) is 0.0870. The summed E-state index contributed by atoms with van der Waals surface area (Å²) < 4.78 is 2.59. The molecule has 4 rings (SSSR count). The van der Waals surface area contributed by atoms with Gasteiger partial charge in [0, 0.05) is 27.3 Å². The molecular weight excluding hydrogens is 416 g/mol. The molecule has 0 N–H and O–H groups in total. The van der Waals surface area contributed by atoms with Crippen LogP contribution in [0.1, 0.15) is 27.3 Å². The molecule has 28 heavy (non-hydrogen) atoms. The number of pyridine rings is 2. The van der Waals surface area contributed by atoms with E-state index in [2.05, 4.69) is 20.9 Å². The van der Waals surface area contributed by atoms with Gasteiger partial charge in [-0.15, -0.1) is 0 Å². The number of rotatable bonds is 4. The summed E-state index contributed by atoms with van der Waals surface area (Å²) in [6.45, 7) is 2.41. The van der Waals surface area contributed by atoms with E-state index in [4.69, 9.17) is 0 Å². The van der Waals surface area contributed by atoms with Gasteiger partial charge in [-0.25, -0.2) is 0 Å². The molecule has 2 aromatic carbocycles. The van der Waals surface area contributed by atoms with Gasteiger partial charge in [0.05, 0.1) is 23.3 Å². The number of hydrogen-bond acceptors (Lipinski definition) is 3. The van der Waals surface area contributed by atoms with Gasteiger partial charge < -0.3 is 4.57 Å². The normalized spacial score (nSPS) is 10.9. The molecule has 4 aromatic rings. The minimum atomic E-state index is -0.297. The van der Waals surface area contributed by atoms with Gasteiger partial charge in [0.25, 0.3) is 0 Å². The first-order chi connectivity index (χ1) is 13.5. The van der Waals surface area contributed by atoms with Gasteiger partial charge >= 0.3 is 0 Å². The number of ketones is 1. The molecule has 0 spiro atoms. The number of carbonyl (C=O) groups excluding carboxylic acids is 1. The predicted octanol–water partition coefficient (Wildman–Crippen LogP) is 4.75. The Morgan fingerprint density at radius 1 is 0.964 bits per heavy atom. The monoisotopic (exact) mass is 432 g/mol. The molecule has 0 radical (unpaired) electrons. The third-order valence-corrected chi connectivity index (χ3v) is 5.32. The first kappa shape index (κ1) is 18.3. The summed E-state index contributed by atoms with van der Waals surface area (Å²) in [4.78, 5) is 30.7. The standard InChI is InChI=1S/C23H17BrN2O2/c1-15-7-6-8-16(25-15)13-26-14-19(22(27)17-9-2-4-11-20(17)24)23(28)18-10-3-5-12-21(18)26/h2-12,14H,13H2,1H3. The van der Waals surface area contributed by atoms with E-state index in [0.717, 1.165) is 16.9 Å². The molecule has 5 heteroatoms. The number of fused-ring (bicyclic) bond motifs is 1. The number of benzene rings is 2. The first-order valence-electron chi connectivity index (χ1n) is 8.88. The number of carbonyl (C=O) groups is 1. The van der Waals surface area contributed by atoms with E-state index in [-0.39, 0.29) is 16.8 Å². The van der Waals surface area contributed by atoms with Crippen LogP contribution in [0.25, 0.3) is 10.9 Å². The summed E-state index contributed by atoms with van der Waals surface area (Å²) in [6, 6.07) is 20.3. The van der Waals surface area contributed by atoms with Crippen molar-refractivity contribution in [1.29, 1.82) is 0 Å². The van der Waals surface area contributed by atoms with Gasteiger partial charge in [-0.3, -0.25) is 14.6 Å². The second-order valence-corrected chi connectivity index (χ2v) is 7.45. The van der Waals surface area contributed by atoms with Crippen LogP contribution in [0.3, 0.4) is 0 Å². The Kier molecular flexibility index (Phi) is 4.92. The minimum absolute atomic E-state index is 0.151. The molecule has 0 fully saturated rings. The van der Waals surface area contributed by atoms with Gasteiger partial charge in [-0.05, 0) is 43.3 Å². The van der Waals surface area contributed by atoms with Crippen molar-refractivity contribution in [3.63, 3.8) is 0 Å². The van der Waals surface area contributed by atoms with Crippen molar-refractivity contribution in [2.75, 3.05) is 0 Å². The molecule has 0 bridgehead atoms. The number of nitrogens with zero attached hydrogens (tertiary/aromatic N) is 2. The first-order valence-corrected chi connectivity index (χ1v) is 9.68. The lowest BCUT2D eigenvalue weighted by Crippen LogP contribution is -2.20. The average Bonchev–Trinajstić information content (AvgIpc) is 2.70. The molecule has 0 saturated carbocycles. The fourth-order valence-corrected chi connectivity index (χ4v) is 3.76. The molecule has 0 aliphatic carbocycles. The van der Waals surface area contributed by atoms with Gasteiger partial charge in [0.15, 0.2) is 5.78 Å². The highest BCUT2D eigenvalue weighted by molar-refractivity contribution is 9.10. The van der Waals surface area contributed by atoms with Crippen LogP contribution in [0.15, 0.2) is 82.2 Å². The molecule has 2 aromatic heterocycles. The lowest BCUT2D eigenvalue weighted by molar-refractivity contribution is 0.103. The van der Waals surface area contributed by atoms with E-state index in [0.29, 0.717) is 22.0 Å². The summed E-state index contributed by atoms with van der Waals surface area (Å²) in [5.41, 5.74) is 2.93. The molecule has 0 aliphatic heterocycles.